The highest BCUT2D eigenvalue weighted by Crippen LogP contribution is 2.20. The third-order valence-corrected chi connectivity index (χ3v) is 5.29. The van der Waals surface area contributed by atoms with Crippen molar-refractivity contribution in [2.75, 3.05) is 49.2 Å². The third-order valence-electron chi connectivity index (χ3n) is 5.29. The summed E-state index contributed by atoms with van der Waals surface area (Å²) in [6, 6.07) is 17.1. The summed E-state index contributed by atoms with van der Waals surface area (Å²) in [5.41, 5.74) is 4.64. The van der Waals surface area contributed by atoms with Crippen molar-refractivity contribution in [1.29, 1.82) is 0 Å². The molecule has 0 saturated carbocycles. The zero-order chi connectivity index (χ0) is 21.6. The standard InChI is InChI=1S/C26H38N2O2/c1-3-5-17-27(18-6-4-2)25-13-9-23(10-14-25)7-8-24-11-15-26(16-12-24)28(19-21-29)20-22-30/h7-16,29-30H,3-6,17-22H2,1-2H3. The van der Waals surface area contributed by atoms with Gasteiger partial charge in [-0.05, 0) is 48.2 Å². The lowest BCUT2D eigenvalue weighted by molar-refractivity contribution is 0.281. The molecule has 0 atom stereocenters. The number of benzene rings is 2. The minimum atomic E-state index is 0.0754. The maximum atomic E-state index is 9.19. The molecule has 2 rings (SSSR count). The fourth-order valence-electron chi connectivity index (χ4n) is 3.46. The zero-order valence-corrected chi connectivity index (χ0v) is 18.6. The number of unbranched alkanes of at least 4 members (excludes halogenated alkanes) is 2. The molecule has 0 fully saturated rings. The Hall–Kier alpha value is -2.30. The summed E-state index contributed by atoms with van der Waals surface area (Å²) in [4.78, 5) is 4.48. The molecule has 4 heteroatoms. The second-order valence-electron chi connectivity index (χ2n) is 7.64. The van der Waals surface area contributed by atoms with E-state index in [9.17, 15) is 10.2 Å². The van der Waals surface area contributed by atoms with Crippen LogP contribution >= 0.6 is 0 Å². The second-order valence-corrected chi connectivity index (χ2v) is 7.64. The van der Waals surface area contributed by atoms with Gasteiger partial charge in [-0.15, -0.1) is 0 Å². The van der Waals surface area contributed by atoms with Crippen molar-refractivity contribution >= 4 is 23.5 Å². The number of rotatable bonds is 14. The van der Waals surface area contributed by atoms with E-state index >= 15 is 0 Å². The van der Waals surface area contributed by atoms with Gasteiger partial charge in [-0.25, -0.2) is 0 Å². The maximum absolute atomic E-state index is 9.19. The van der Waals surface area contributed by atoms with E-state index in [2.05, 4.69) is 67.3 Å². The van der Waals surface area contributed by atoms with Gasteiger partial charge in [0.25, 0.3) is 0 Å². The van der Waals surface area contributed by atoms with Gasteiger partial charge >= 0.3 is 0 Å². The van der Waals surface area contributed by atoms with E-state index in [-0.39, 0.29) is 13.2 Å². The highest BCUT2D eigenvalue weighted by atomic mass is 16.3. The van der Waals surface area contributed by atoms with Crippen molar-refractivity contribution in [3.8, 4) is 0 Å². The number of anilines is 2. The molecule has 30 heavy (non-hydrogen) atoms. The Bertz CT molecular complexity index is 712. The largest absolute Gasteiger partial charge is 0.395 e. The van der Waals surface area contributed by atoms with E-state index in [1.54, 1.807) is 0 Å². The van der Waals surface area contributed by atoms with Crippen LogP contribution in [0.15, 0.2) is 48.5 Å². The van der Waals surface area contributed by atoms with Crippen LogP contribution in [-0.4, -0.2) is 49.6 Å². The molecule has 0 heterocycles. The molecule has 2 N–H and O–H groups in total. The predicted molar refractivity (Wildman–Crippen MR) is 130 cm³/mol. The maximum Gasteiger partial charge on any atom is 0.0606 e. The number of hydrogen-bond donors (Lipinski definition) is 2. The molecule has 0 aliphatic carbocycles. The Morgan fingerprint density at radius 3 is 1.30 bits per heavy atom. The van der Waals surface area contributed by atoms with E-state index in [1.165, 1.54) is 36.9 Å². The van der Waals surface area contributed by atoms with Crippen molar-refractivity contribution in [3.63, 3.8) is 0 Å². The van der Waals surface area contributed by atoms with Crippen molar-refractivity contribution in [1.82, 2.24) is 0 Å². The Labute approximate surface area is 182 Å². The lowest BCUT2D eigenvalue weighted by Crippen LogP contribution is -2.29. The Balaban J connectivity index is 2.01. The van der Waals surface area contributed by atoms with Gasteiger partial charge in [-0.1, -0.05) is 63.1 Å². The summed E-state index contributed by atoms with van der Waals surface area (Å²) < 4.78 is 0. The molecule has 0 unspecified atom stereocenters. The molecule has 0 radical (unpaired) electrons. The zero-order valence-electron chi connectivity index (χ0n) is 18.6. The molecule has 0 bridgehead atoms. The van der Waals surface area contributed by atoms with Crippen molar-refractivity contribution in [2.24, 2.45) is 0 Å². The van der Waals surface area contributed by atoms with Crippen molar-refractivity contribution in [2.45, 2.75) is 39.5 Å². The van der Waals surface area contributed by atoms with Crippen LogP contribution in [0.4, 0.5) is 11.4 Å². The van der Waals surface area contributed by atoms with Gasteiger partial charge in [0.15, 0.2) is 0 Å². The second kappa shape index (κ2) is 13.8. The molecule has 2 aromatic carbocycles. The van der Waals surface area contributed by atoms with E-state index in [1.807, 2.05) is 17.0 Å². The van der Waals surface area contributed by atoms with Gasteiger partial charge in [0, 0.05) is 37.6 Å². The minimum absolute atomic E-state index is 0.0754. The summed E-state index contributed by atoms with van der Waals surface area (Å²) in [6.45, 7) is 7.94. The van der Waals surface area contributed by atoms with Crippen molar-refractivity contribution in [3.05, 3.63) is 59.7 Å². The van der Waals surface area contributed by atoms with Crippen LogP contribution in [0.5, 0.6) is 0 Å². The summed E-state index contributed by atoms with van der Waals surface area (Å²) >= 11 is 0. The molecule has 0 spiro atoms. The quantitative estimate of drug-likeness (QED) is 0.428. The first-order valence-electron chi connectivity index (χ1n) is 11.3. The number of hydrogen-bond acceptors (Lipinski definition) is 4. The number of aliphatic hydroxyl groups is 2. The molecule has 4 nitrogen and oxygen atoms in total. The van der Waals surface area contributed by atoms with E-state index < -0.39 is 0 Å². The van der Waals surface area contributed by atoms with E-state index in [4.69, 9.17) is 0 Å². The molecular weight excluding hydrogens is 372 g/mol. The fourth-order valence-corrected chi connectivity index (χ4v) is 3.46. The van der Waals surface area contributed by atoms with Crippen LogP contribution in [-0.2, 0) is 0 Å². The first-order valence-corrected chi connectivity index (χ1v) is 11.3. The Morgan fingerprint density at radius 2 is 0.967 bits per heavy atom. The monoisotopic (exact) mass is 410 g/mol. The Morgan fingerprint density at radius 1 is 0.600 bits per heavy atom. The average molecular weight is 411 g/mol. The SMILES string of the molecule is CCCCN(CCCC)c1ccc(C=Cc2ccc(N(CCO)CCO)cc2)cc1. The predicted octanol–water partition coefficient (Wildman–Crippen LogP) is 5.05. The summed E-state index contributed by atoms with van der Waals surface area (Å²) in [6.07, 6.45) is 9.17. The lowest BCUT2D eigenvalue weighted by Gasteiger charge is -2.24. The normalized spacial score (nSPS) is 11.2. The van der Waals surface area contributed by atoms with Crippen LogP contribution in [0.3, 0.4) is 0 Å². The highest BCUT2D eigenvalue weighted by Gasteiger charge is 2.06. The molecule has 2 aromatic rings. The fraction of sp³-hybridized carbons (Fsp3) is 0.462. The molecule has 0 amide bonds. The summed E-state index contributed by atoms with van der Waals surface area (Å²) in [7, 11) is 0. The average Bonchev–Trinajstić information content (AvgIpc) is 2.78. The topological polar surface area (TPSA) is 46.9 Å². The van der Waals surface area contributed by atoms with Gasteiger partial charge in [0.2, 0.25) is 0 Å². The molecule has 0 aliphatic heterocycles. The summed E-state index contributed by atoms with van der Waals surface area (Å²) in [5.74, 6) is 0. The number of aliphatic hydroxyl groups excluding tert-OH is 2. The van der Waals surface area contributed by atoms with Gasteiger partial charge in [-0.3, -0.25) is 0 Å². The highest BCUT2D eigenvalue weighted by molar-refractivity contribution is 5.71. The van der Waals surface area contributed by atoms with Gasteiger partial charge in [0.1, 0.15) is 0 Å². The molecule has 164 valence electrons. The van der Waals surface area contributed by atoms with Crippen LogP contribution in [0, 0.1) is 0 Å². The first kappa shape index (κ1) is 24.0. The molecule has 0 aromatic heterocycles. The van der Waals surface area contributed by atoms with E-state index in [0.29, 0.717) is 13.1 Å². The van der Waals surface area contributed by atoms with Crippen LogP contribution in [0.1, 0.15) is 50.7 Å². The smallest absolute Gasteiger partial charge is 0.0606 e. The lowest BCUT2D eigenvalue weighted by atomic mass is 10.1. The molecular formula is C26H38N2O2. The molecule has 0 saturated heterocycles. The van der Waals surface area contributed by atoms with Gasteiger partial charge < -0.3 is 20.0 Å². The van der Waals surface area contributed by atoms with Crippen molar-refractivity contribution < 1.29 is 10.2 Å². The number of nitrogens with zero attached hydrogens (tertiary/aromatic N) is 2. The summed E-state index contributed by atoms with van der Waals surface area (Å²) in [5, 5.41) is 18.4. The Kier molecular flexibility index (Phi) is 11.1. The van der Waals surface area contributed by atoms with Crippen LogP contribution in [0.25, 0.3) is 12.2 Å². The van der Waals surface area contributed by atoms with Crippen LogP contribution in [0.2, 0.25) is 0 Å². The van der Waals surface area contributed by atoms with Gasteiger partial charge in [-0.2, -0.15) is 0 Å². The first-order chi connectivity index (χ1) is 14.7. The molecule has 0 aliphatic rings. The minimum Gasteiger partial charge on any atom is -0.395 e. The van der Waals surface area contributed by atoms with Gasteiger partial charge in [0.05, 0.1) is 13.2 Å². The van der Waals surface area contributed by atoms with E-state index in [0.717, 1.165) is 24.3 Å². The van der Waals surface area contributed by atoms with Crippen LogP contribution < -0.4 is 9.80 Å². The third kappa shape index (κ3) is 7.85.